The zero-order valence-electron chi connectivity index (χ0n) is 15.1. The van der Waals surface area contributed by atoms with Gasteiger partial charge in [0.15, 0.2) is 0 Å². The maximum absolute atomic E-state index is 12.3. The van der Waals surface area contributed by atoms with Gasteiger partial charge in [0.25, 0.3) is 5.69 Å². The monoisotopic (exact) mass is 407 g/mol. The van der Waals surface area contributed by atoms with Crippen LogP contribution in [-0.4, -0.2) is 66.4 Å². The Kier molecular flexibility index (Phi) is 8.51. The van der Waals surface area contributed by atoms with Crippen LogP contribution in [0.4, 0.5) is 10.5 Å². The molecule has 1 aliphatic rings. The van der Waals surface area contributed by atoms with Crippen LogP contribution in [0, 0.1) is 21.4 Å². The van der Waals surface area contributed by atoms with Crippen LogP contribution in [-0.2, 0) is 15.3 Å². The lowest BCUT2D eigenvalue weighted by atomic mass is 10.2. The molecule has 1 heterocycles. The highest BCUT2D eigenvalue weighted by Gasteiger charge is 2.22. The molecule has 1 aliphatic heterocycles. The zero-order valence-corrected chi connectivity index (χ0v) is 15.9. The van der Waals surface area contributed by atoms with Gasteiger partial charge in [-0.1, -0.05) is 12.1 Å². The second-order valence-electron chi connectivity index (χ2n) is 5.89. The summed E-state index contributed by atoms with van der Waals surface area (Å²) < 4.78 is 5.20. The molecule has 28 heavy (non-hydrogen) atoms. The van der Waals surface area contributed by atoms with E-state index in [1.165, 1.54) is 23.9 Å². The Bertz CT molecular complexity index is 748. The van der Waals surface area contributed by atoms with Crippen molar-refractivity contribution in [2.24, 2.45) is 0 Å². The van der Waals surface area contributed by atoms with Gasteiger partial charge >= 0.3 is 6.03 Å². The van der Waals surface area contributed by atoms with E-state index in [0.717, 1.165) is 0 Å². The van der Waals surface area contributed by atoms with Gasteiger partial charge in [-0.3, -0.25) is 14.9 Å². The summed E-state index contributed by atoms with van der Waals surface area (Å²) in [6, 6.07) is 7.72. The molecule has 1 atom stereocenters. The fourth-order valence-corrected chi connectivity index (χ4v) is 3.49. The Morgan fingerprint density at radius 1 is 1.36 bits per heavy atom. The quantitative estimate of drug-likeness (QED) is 0.371. The number of nitro benzene ring substituents is 1. The van der Waals surface area contributed by atoms with Crippen molar-refractivity contribution in [2.75, 3.05) is 39.4 Å². The second-order valence-corrected chi connectivity index (χ2v) is 7.08. The highest BCUT2D eigenvalue weighted by atomic mass is 32.2. The number of nitrogens with zero attached hydrogens (tertiary/aromatic N) is 3. The molecule has 2 rings (SSSR count). The molecule has 1 aromatic rings. The minimum absolute atomic E-state index is 0.0239. The van der Waals surface area contributed by atoms with Crippen molar-refractivity contribution in [2.45, 2.75) is 11.0 Å². The Morgan fingerprint density at radius 3 is 2.79 bits per heavy atom. The van der Waals surface area contributed by atoms with E-state index in [1.54, 1.807) is 17.0 Å². The first-order valence-electron chi connectivity index (χ1n) is 8.61. The number of amides is 3. The van der Waals surface area contributed by atoms with Gasteiger partial charge in [-0.25, -0.2) is 4.79 Å². The number of urea groups is 1. The van der Waals surface area contributed by atoms with Gasteiger partial charge in [0.2, 0.25) is 5.91 Å². The lowest BCUT2D eigenvalue weighted by Gasteiger charge is -2.27. The van der Waals surface area contributed by atoms with Gasteiger partial charge < -0.3 is 20.3 Å². The van der Waals surface area contributed by atoms with E-state index in [4.69, 9.17) is 10.00 Å². The lowest BCUT2D eigenvalue weighted by Crippen LogP contribution is -2.49. The van der Waals surface area contributed by atoms with Gasteiger partial charge in [-0.05, 0) is 5.56 Å². The first-order valence-corrected chi connectivity index (χ1v) is 9.66. The largest absolute Gasteiger partial charge is 0.378 e. The number of rotatable bonds is 8. The van der Waals surface area contributed by atoms with Crippen LogP contribution in [0.15, 0.2) is 24.3 Å². The van der Waals surface area contributed by atoms with Crippen molar-refractivity contribution in [3.63, 3.8) is 0 Å². The first-order chi connectivity index (χ1) is 13.5. The maximum atomic E-state index is 12.3. The summed E-state index contributed by atoms with van der Waals surface area (Å²) in [4.78, 5) is 36.6. The van der Waals surface area contributed by atoms with E-state index in [-0.39, 0.29) is 30.7 Å². The molecule has 0 bridgehead atoms. The number of benzene rings is 1. The molecule has 1 unspecified atom stereocenters. The smallest absolute Gasteiger partial charge is 0.317 e. The highest BCUT2D eigenvalue weighted by molar-refractivity contribution is 7.99. The average molecular weight is 407 g/mol. The third-order valence-corrected chi connectivity index (χ3v) is 5.23. The van der Waals surface area contributed by atoms with Crippen LogP contribution in [0.1, 0.15) is 5.56 Å². The molecule has 0 spiro atoms. The highest BCUT2D eigenvalue weighted by Crippen LogP contribution is 2.21. The number of hydrogen-bond acceptors (Lipinski definition) is 7. The number of carbonyl (C=O) groups excluding carboxylic acids is 2. The fourth-order valence-electron chi connectivity index (χ4n) is 2.48. The summed E-state index contributed by atoms with van der Waals surface area (Å²) in [5, 5.41) is 24.1. The summed E-state index contributed by atoms with van der Waals surface area (Å²) in [6.07, 6.45) is 0. The molecule has 1 saturated heterocycles. The van der Waals surface area contributed by atoms with Gasteiger partial charge in [0.1, 0.15) is 11.8 Å². The van der Waals surface area contributed by atoms with E-state index in [9.17, 15) is 19.7 Å². The first kappa shape index (κ1) is 21.5. The molecule has 2 N–H and O–H groups in total. The summed E-state index contributed by atoms with van der Waals surface area (Å²) in [5.74, 6) is -0.0287. The number of nitrogens with one attached hydrogen (secondary N) is 2. The molecule has 0 radical (unpaired) electrons. The van der Waals surface area contributed by atoms with Crippen molar-refractivity contribution in [3.05, 3.63) is 39.9 Å². The average Bonchev–Trinajstić information content (AvgIpc) is 2.72. The third-order valence-electron chi connectivity index (χ3n) is 3.94. The van der Waals surface area contributed by atoms with Crippen LogP contribution in [0.5, 0.6) is 0 Å². The van der Waals surface area contributed by atoms with E-state index in [0.29, 0.717) is 37.6 Å². The van der Waals surface area contributed by atoms with Crippen LogP contribution in [0.3, 0.4) is 0 Å². The fraction of sp³-hybridized carbons (Fsp3) is 0.471. The molecule has 11 heteroatoms. The molecule has 150 valence electrons. The van der Waals surface area contributed by atoms with Crippen LogP contribution >= 0.6 is 11.8 Å². The van der Waals surface area contributed by atoms with Crippen molar-refractivity contribution in [3.8, 4) is 6.07 Å². The maximum Gasteiger partial charge on any atom is 0.317 e. The number of carbonyl (C=O) groups is 2. The number of ether oxygens (including phenoxy) is 1. The van der Waals surface area contributed by atoms with Gasteiger partial charge in [0, 0.05) is 37.5 Å². The molecule has 0 aliphatic carbocycles. The molecule has 1 aromatic carbocycles. The minimum Gasteiger partial charge on any atom is -0.378 e. The Balaban J connectivity index is 1.95. The molecule has 0 saturated carbocycles. The standard InChI is InChI=1S/C17H21N5O5S/c18-4-5-19-16(23)15(11-20-17(24)21-6-8-27-9-7-21)28-12-13-2-1-3-14(10-13)22(25)26/h1-3,10,15H,5-9,11-12H2,(H,19,23)(H,20,24). The van der Waals surface area contributed by atoms with Gasteiger partial charge in [-0.2, -0.15) is 5.26 Å². The SMILES string of the molecule is N#CCNC(=O)C(CNC(=O)N1CCOCC1)SCc1cccc([N+](=O)[O-])c1. The Morgan fingerprint density at radius 2 is 2.11 bits per heavy atom. The summed E-state index contributed by atoms with van der Waals surface area (Å²) >= 11 is 1.24. The van der Waals surface area contributed by atoms with E-state index >= 15 is 0 Å². The number of non-ortho nitro benzene ring substituents is 1. The molecule has 3 amide bonds. The van der Waals surface area contributed by atoms with Crippen LogP contribution in [0.25, 0.3) is 0 Å². The molecular formula is C17H21N5O5S. The normalized spacial score (nSPS) is 14.6. The summed E-state index contributed by atoms with van der Waals surface area (Å²) in [5.41, 5.74) is 0.668. The van der Waals surface area contributed by atoms with E-state index in [2.05, 4.69) is 10.6 Å². The number of nitro groups is 1. The van der Waals surface area contributed by atoms with E-state index < -0.39 is 10.2 Å². The molecule has 10 nitrogen and oxygen atoms in total. The molecule has 0 aromatic heterocycles. The third kappa shape index (κ3) is 6.71. The van der Waals surface area contributed by atoms with Crippen molar-refractivity contribution >= 4 is 29.4 Å². The Labute approximate surface area is 166 Å². The topological polar surface area (TPSA) is 138 Å². The van der Waals surface area contributed by atoms with Gasteiger partial charge in [0.05, 0.1) is 24.2 Å². The molecular weight excluding hydrogens is 386 g/mol. The van der Waals surface area contributed by atoms with Gasteiger partial charge in [-0.15, -0.1) is 11.8 Å². The second kappa shape index (κ2) is 11.1. The zero-order chi connectivity index (χ0) is 20.4. The summed E-state index contributed by atoms with van der Waals surface area (Å²) in [7, 11) is 0. The predicted octanol–water partition coefficient (Wildman–Crippen LogP) is 0.878. The number of thioether (sulfide) groups is 1. The minimum atomic E-state index is -0.641. The predicted molar refractivity (Wildman–Crippen MR) is 103 cm³/mol. The number of nitriles is 1. The Hall–Kier alpha value is -2.84. The molecule has 1 fully saturated rings. The number of morpholine rings is 1. The van der Waals surface area contributed by atoms with Crippen molar-refractivity contribution < 1.29 is 19.2 Å². The van der Waals surface area contributed by atoms with Crippen molar-refractivity contribution in [1.29, 1.82) is 5.26 Å². The van der Waals surface area contributed by atoms with E-state index in [1.807, 2.05) is 6.07 Å². The number of hydrogen-bond donors (Lipinski definition) is 2. The lowest BCUT2D eigenvalue weighted by molar-refractivity contribution is -0.384. The summed E-state index contributed by atoms with van der Waals surface area (Å²) in [6.45, 7) is 1.86. The van der Waals surface area contributed by atoms with Crippen LogP contribution < -0.4 is 10.6 Å². The van der Waals surface area contributed by atoms with Crippen molar-refractivity contribution in [1.82, 2.24) is 15.5 Å². The van der Waals surface area contributed by atoms with Crippen LogP contribution in [0.2, 0.25) is 0 Å².